The van der Waals surface area contributed by atoms with E-state index in [0.29, 0.717) is 25.0 Å². The molecular formula is C22H24F3NO2. The van der Waals surface area contributed by atoms with Crippen LogP contribution in [0.25, 0.3) is 0 Å². The Kier molecular flexibility index (Phi) is 6.60. The third-order valence-electron chi connectivity index (χ3n) is 5.07. The number of halogens is 3. The molecule has 28 heavy (non-hydrogen) atoms. The molecule has 2 atom stereocenters. The number of hydrogen-bond acceptors (Lipinski definition) is 2. The molecule has 2 unspecified atom stereocenters. The Bertz CT molecular complexity index is 777. The summed E-state index contributed by atoms with van der Waals surface area (Å²) in [7, 11) is 0. The first-order chi connectivity index (χ1) is 13.4. The van der Waals surface area contributed by atoms with E-state index in [4.69, 9.17) is 4.74 Å². The third-order valence-corrected chi connectivity index (χ3v) is 5.07. The molecule has 0 aliphatic heterocycles. The van der Waals surface area contributed by atoms with E-state index in [2.05, 4.69) is 5.32 Å². The molecule has 0 aromatic heterocycles. The van der Waals surface area contributed by atoms with Crippen LogP contribution in [-0.4, -0.2) is 24.7 Å². The Balaban J connectivity index is 1.54. The lowest BCUT2D eigenvalue weighted by Gasteiger charge is -2.31. The zero-order valence-electron chi connectivity index (χ0n) is 15.5. The van der Waals surface area contributed by atoms with Crippen molar-refractivity contribution in [1.29, 1.82) is 0 Å². The summed E-state index contributed by atoms with van der Waals surface area (Å²) in [5.41, 5.74) is 2.08. The van der Waals surface area contributed by atoms with E-state index in [1.54, 1.807) is 6.07 Å². The van der Waals surface area contributed by atoms with E-state index < -0.39 is 18.1 Å². The van der Waals surface area contributed by atoms with Crippen LogP contribution >= 0.6 is 0 Å². The minimum Gasteiger partial charge on any atom is -0.483 e. The quantitative estimate of drug-likeness (QED) is 0.761. The van der Waals surface area contributed by atoms with Crippen molar-refractivity contribution in [3.05, 3.63) is 65.7 Å². The van der Waals surface area contributed by atoms with E-state index in [1.165, 1.54) is 0 Å². The Morgan fingerprint density at radius 2 is 1.75 bits per heavy atom. The standard InChI is InChI=1S/C22H24F3NO2/c23-22(24,25)18-10-6-11-19(14-18)26-21(27)15-28-20-12-5-4-9-17(20)13-16-7-2-1-3-8-16/h1-5,7-9,12,18-19H,6,10-11,13-15H2,(H,26,27). The first-order valence-corrected chi connectivity index (χ1v) is 9.52. The van der Waals surface area contributed by atoms with E-state index >= 15 is 0 Å². The summed E-state index contributed by atoms with van der Waals surface area (Å²) in [5.74, 6) is -1.11. The van der Waals surface area contributed by atoms with Gasteiger partial charge in [-0.05, 0) is 36.5 Å². The lowest BCUT2D eigenvalue weighted by atomic mass is 9.85. The predicted molar refractivity (Wildman–Crippen MR) is 101 cm³/mol. The summed E-state index contributed by atoms with van der Waals surface area (Å²) in [6.07, 6.45) is -2.40. The molecule has 1 fully saturated rings. The smallest absolute Gasteiger partial charge is 0.391 e. The average Bonchev–Trinajstić information content (AvgIpc) is 2.68. The van der Waals surface area contributed by atoms with Crippen LogP contribution in [0.5, 0.6) is 5.75 Å². The van der Waals surface area contributed by atoms with E-state index in [1.807, 2.05) is 48.5 Å². The Morgan fingerprint density at radius 3 is 2.50 bits per heavy atom. The number of amides is 1. The van der Waals surface area contributed by atoms with Crippen LogP contribution in [0, 0.1) is 5.92 Å². The number of alkyl halides is 3. The second kappa shape index (κ2) is 9.13. The second-order valence-electron chi connectivity index (χ2n) is 7.23. The van der Waals surface area contributed by atoms with Crippen molar-refractivity contribution in [3.63, 3.8) is 0 Å². The Labute approximate surface area is 162 Å². The fourth-order valence-electron chi connectivity index (χ4n) is 3.64. The van der Waals surface area contributed by atoms with Gasteiger partial charge in [-0.15, -0.1) is 0 Å². The molecule has 1 aliphatic rings. The number of hydrogen-bond donors (Lipinski definition) is 1. The van der Waals surface area contributed by atoms with Crippen LogP contribution in [-0.2, 0) is 11.2 Å². The van der Waals surface area contributed by atoms with Crippen LogP contribution in [0.4, 0.5) is 13.2 Å². The molecule has 2 aromatic rings. The lowest BCUT2D eigenvalue weighted by Crippen LogP contribution is -2.43. The number of ether oxygens (including phenoxy) is 1. The van der Waals surface area contributed by atoms with Gasteiger partial charge < -0.3 is 10.1 Å². The number of carbonyl (C=O) groups is 1. The lowest BCUT2D eigenvalue weighted by molar-refractivity contribution is -0.184. The minimum absolute atomic E-state index is 0.0557. The molecule has 2 aromatic carbocycles. The first kappa shape index (κ1) is 20.2. The highest BCUT2D eigenvalue weighted by Crippen LogP contribution is 2.37. The van der Waals surface area contributed by atoms with Gasteiger partial charge in [0, 0.05) is 12.5 Å². The summed E-state index contributed by atoms with van der Waals surface area (Å²) >= 11 is 0. The van der Waals surface area contributed by atoms with E-state index in [-0.39, 0.29) is 25.4 Å². The van der Waals surface area contributed by atoms with Crippen LogP contribution < -0.4 is 10.1 Å². The fraction of sp³-hybridized carbons (Fsp3) is 0.409. The molecule has 0 bridgehead atoms. The highest BCUT2D eigenvalue weighted by molar-refractivity contribution is 5.77. The summed E-state index contributed by atoms with van der Waals surface area (Å²) < 4.78 is 44.4. The van der Waals surface area contributed by atoms with E-state index in [0.717, 1.165) is 11.1 Å². The monoisotopic (exact) mass is 391 g/mol. The van der Waals surface area contributed by atoms with E-state index in [9.17, 15) is 18.0 Å². The van der Waals surface area contributed by atoms with Crippen molar-refractivity contribution in [2.75, 3.05) is 6.61 Å². The molecule has 1 aliphatic carbocycles. The summed E-state index contributed by atoms with van der Waals surface area (Å²) in [6, 6.07) is 16.9. The summed E-state index contributed by atoms with van der Waals surface area (Å²) in [4.78, 5) is 12.2. The van der Waals surface area contributed by atoms with Crippen LogP contribution in [0.2, 0.25) is 0 Å². The molecule has 6 heteroatoms. The highest BCUT2D eigenvalue weighted by atomic mass is 19.4. The average molecular weight is 391 g/mol. The molecule has 0 heterocycles. The van der Waals surface area contributed by atoms with Gasteiger partial charge in [-0.2, -0.15) is 13.2 Å². The number of rotatable bonds is 6. The van der Waals surface area contributed by atoms with Crippen molar-refractivity contribution in [1.82, 2.24) is 5.32 Å². The molecule has 0 saturated heterocycles. The molecule has 0 spiro atoms. The minimum atomic E-state index is -4.20. The largest absolute Gasteiger partial charge is 0.483 e. The van der Waals surface area contributed by atoms with Crippen molar-refractivity contribution in [2.24, 2.45) is 5.92 Å². The second-order valence-corrected chi connectivity index (χ2v) is 7.23. The van der Waals surface area contributed by atoms with Crippen molar-refractivity contribution in [2.45, 2.75) is 44.3 Å². The van der Waals surface area contributed by atoms with Gasteiger partial charge in [-0.1, -0.05) is 55.0 Å². The van der Waals surface area contributed by atoms with Gasteiger partial charge in [0.15, 0.2) is 6.61 Å². The molecule has 1 amide bonds. The van der Waals surface area contributed by atoms with Gasteiger partial charge in [0.2, 0.25) is 0 Å². The highest BCUT2D eigenvalue weighted by Gasteiger charge is 2.42. The van der Waals surface area contributed by atoms with Gasteiger partial charge in [-0.3, -0.25) is 4.79 Å². The molecule has 0 radical (unpaired) electrons. The number of benzene rings is 2. The first-order valence-electron chi connectivity index (χ1n) is 9.52. The Morgan fingerprint density at radius 1 is 1.04 bits per heavy atom. The maximum absolute atomic E-state index is 12.9. The molecule has 3 rings (SSSR count). The molecule has 3 nitrogen and oxygen atoms in total. The van der Waals surface area contributed by atoms with Gasteiger partial charge in [0.05, 0.1) is 5.92 Å². The molecule has 1 saturated carbocycles. The predicted octanol–water partition coefficient (Wildman–Crippen LogP) is 4.89. The number of carbonyl (C=O) groups excluding carboxylic acids is 1. The zero-order chi connectivity index (χ0) is 20.0. The zero-order valence-corrected chi connectivity index (χ0v) is 15.5. The van der Waals surface area contributed by atoms with Crippen molar-refractivity contribution >= 4 is 5.91 Å². The molecular weight excluding hydrogens is 367 g/mol. The van der Waals surface area contributed by atoms with Crippen LogP contribution in [0.3, 0.4) is 0 Å². The van der Waals surface area contributed by atoms with Crippen molar-refractivity contribution in [3.8, 4) is 5.75 Å². The fourth-order valence-corrected chi connectivity index (χ4v) is 3.64. The summed E-state index contributed by atoms with van der Waals surface area (Å²) in [6.45, 7) is -0.209. The third kappa shape index (κ3) is 5.75. The Hall–Kier alpha value is -2.50. The van der Waals surface area contributed by atoms with Gasteiger partial charge in [-0.25, -0.2) is 0 Å². The SMILES string of the molecule is O=C(COc1ccccc1Cc1ccccc1)NC1CCCC(C(F)(F)F)C1. The van der Waals surface area contributed by atoms with Gasteiger partial charge >= 0.3 is 6.18 Å². The van der Waals surface area contributed by atoms with Gasteiger partial charge in [0.25, 0.3) is 5.91 Å². The van der Waals surface area contributed by atoms with Gasteiger partial charge in [0.1, 0.15) is 5.75 Å². The maximum atomic E-state index is 12.9. The number of para-hydroxylation sites is 1. The summed E-state index contributed by atoms with van der Waals surface area (Å²) in [5, 5.41) is 2.70. The normalized spacial score (nSPS) is 19.8. The maximum Gasteiger partial charge on any atom is 0.391 e. The topological polar surface area (TPSA) is 38.3 Å². The molecule has 1 N–H and O–H groups in total. The van der Waals surface area contributed by atoms with Crippen molar-refractivity contribution < 1.29 is 22.7 Å². The van der Waals surface area contributed by atoms with Crippen LogP contribution in [0.1, 0.15) is 36.8 Å². The number of nitrogens with one attached hydrogen (secondary N) is 1. The van der Waals surface area contributed by atoms with Crippen LogP contribution in [0.15, 0.2) is 54.6 Å². The molecule has 150 valence electrons.